The molecule has 0 saturated heterocycles. The van der Waals surface area contributed by atoms with E-state index in [1.807, 2.05) is 138 Å². The largest absolute Gasteiger partial charge is 0.480 e. The van der Waals surface area contributed by atoms with Crippen LogP contribution in [0.3, 0.4) is 0 Å². The minimum Gasteiger partial charge on any atom is -0.480 e. The molecule has 1 atom stereocenters. The quantitative estimate of drug-likeness (QED) is 0.158. The fourth-order valence-corrected chi connectivity index (χ4v) is 6.59. The Labute approximate surface area is 266 Å². The van der Waals surface area contributed by atoms with Gasteiger partial charge in [0, 0.05) is 11.1 Å². The molecule has 1 heterocycles. The molecule has 1 aromatic heterocycles. The molecule has 7 heteroatoms. The first kappa shape index (κ1) is 28.8. The summed E-state index contributed by atoms with van der Waals surface area (Å²) in [5.41, 5.74) is 4.97. The number of fused-ring (bicyclic) bond motifs is 1. The van der Waals surface area contributed by atoms with Crippen molar-refractivity contribution in [2.24, 2.45) is 0 Å². The number of carboxylic acids is 1. The molecule has 224 valence electrons. The fourth-order valence-electron chi connectivity index (χ4n) is 6.42. The Bertz CT molecular complexity index is 1920. The van der Waals surface area contributed by atoms with Crippen LogP contribution in [0.5, 0.6) is 0 Å². The molecule has 1 saturated carbocycles. The third-order valence-corrected chi connectivity index (χ3v) is 8.93. The lowest BCUT2D eigenvalue weighted by Crippen LogP contribution is -2.53. The van der Waals surface area contributed by atoms with Crippen LogP contribution in [0.1, 0.15) is 41.1 Å². The number of nitrogens with one attached hydrogen (secondary N) is 1. The topological polar surface area (TPSA) is 76.3 Å². The average Bonchev–Trinajstić information content (AvgIpc) is 3.87. The Kier molecular flexibility index (Phi) is 7.61. The minimum absolute atomic E-state index is 0.0917. The highest BCUT2D eigenvalue weighted by molar-refractivity contribution is 6.31. The number of rotatable bonds is 10. The average molecular weight is 614 g/mol. The van der Waals surface area contributed by atoms with E-state index in [4.69, 9.17) is 11.6 Å². The van der Waals surface area contributed by atoms with Gasteiger partial charge in [0.15, 0.2) is 0 Å². The first-order valence-corrected chi connectivity index (χ1v) is 15.5. The summed E-state index contributed by atoms with van der Waals surface area (Å²) in [5.74, 6) is -0.954. The molecule has 7 rings (SSSR count). The molecule has 0 spiro atoms. The number of aliphatic carboxylic acids is 1. The Hall–Kier alpha value is -4.91. The van der Waals surface area contributed by atoms with Crippen LogP contribution >= 0.6 is 11.6 Å². The summed E-state index contributed by atoms with van der Waals surface area (Å²) in [6.07, 6.45) is 2.20. The number of halogens is 1. The summed E-state index contributed by atoms with van der Waals surface area (Å²) in [4.78, 5) is 26.5. The van der Waals surface area contributed by atoms with Crippen molar-refractivity contribution in [1.29, 1.82) is 0 Å². The number of nitrogens with zero attached hydrogens (tertiary/aromatic N) is 2. The molecule has 0 aliphatic heterocycles. The van der Waals surface area contributed by atoms with Crippen molar-refractivity contribution in [3.63, 3.8) is 0 Å². The second-order valence-electron chi connectivity index (χ2n) is 11.6. The predicted octanol–water partition coefficient (Wildman–Crippen LogP) is 7.36. The van der Waals surface area contributed by atoms with Crippen molar-refractivity contribution in [2.75, 3.05) is 0 Å². The monoisotopic (exact) mass is 613 g/mol. The molecule has 45 heavy (non-hydrogen) atoms. The summed E-state index contributed by atoms with van der Waals surface area (Å²) in [6.45, 7) is 0. The molecule has 1 aliphatic carbocycles. The van der Waals surface area contributed by atoms with E-state index in [9.17, 15) is 14.7 Å². The van der Waals surface area contributed by atoms with Gasteiger partial charge in [0.1, 0.15) is 6.04 Å². The van der Waals surface area contributed by atoms with E-state index in [1.54, 1.807) is 4.57 Å². The Morgan fingerprint density at radius 2 is 1.31 bits per heavy atom. The van der Waals surface area contributed by atoms with Crippen LogP contribution in [-0.4, -0.2) is 26.3 Å². The summed E-state index contributed by atoms with van der Waals surface area (Å²) in [7, 11) is 0. The van der Waals surface area contributed by atoms with Gasteiger partial charge in [-0.1, -0.05) is 115 Å². The number of hydrogen-bond acceptors (Lipinski definition) is 3. The second kappa shape index (κ2) is 11.9. The summed E-state index contributed by atoms with van der Waals surface area (Å²) in [6, 6.07) is 42.3. The molecule has 2 N–H and O–H groups in total. The van der Waals surface area contributed by atoms with Gasteiger partial charge in [-0.2, -0.15) is 0 Å². The molecule has 6 nitrogen and oxygen atoms in total. The number of imidazole rings is 1. The normalized spacial score (nSPS) is 14.0. The van der Waals surface area contributed by atoms with Crippen molar-refractivity contribution >= 4 is 28.6 Å². The molecule has 0 bridgehead atoms. The van der Waals surface area contributed by atoms with Crippen molar-refractivity contribution in [3.8, 4) is 5.69 Å². The van der Waals surface area contributed by atoms with Crippen molar-refractivity contribution in [1.82, 2.24) is 14.5 Å². The molecule has 1 unspecified atom stereocenters. The highest BCUT2D eigenvalue weighted by Gasteiger charge is 2.40. The van der Waals surface area contributed by atoms with Gasteiger partial charge in [-0.15, -0.1) is 0 Å². The molecule has 0 radical (unpaired) electrons. The Balaban J connectivity index is 1.27. The van der Waals surface area contributed by atoms with Gasteiger partial charge in [0.2, 0.25) is 0 Å². The van der Waals surface area contributed by atoms with Crippen LogP contribution in [0, 0.1) is 0 Å². The molecule has 1 fully saturated rings. The van der Waals surface area contributed by atoms with E-state index in [2.05, 4.69) is 5.32 Å². The van der Waals surface area contributed by atoms with Crippen LogP contribution < -0.4 is 11.0 Å². The number of aromatic nitrogens is 2. The van der Waals surface area contributed by atoms with Crippen molar-refractivity contribution < 1.29 is 9.90 Å². The van der Waals surface area contributed by atoms with E-state index in [-0.39, 0.29) is 18.2 Å². The fraction of sp³-hybridized carbons (Fsp3) is 0.158. The molecule has 0 amide bonds. The third-order valence-electron chi connectivity index (χ3n) is 8.69. The van der Waals surface area contributed by atoms with E-state index < -0.39 is 17.6 Å². The lowest BCUT2D eigenvalue weighted by molar-refractivity contribution is -0.139. The molecule has 5 aromatic carbocycles. The van der Waals surface area contributed by atoms with Crippen LogP contribution in [-0.2, 0) is 16.8 Å². The number of benzene rings is 5. The summed E-state index contributed by atoms with van der Waals surface area (Å²) >= 11 is 6.35. The molecule has 1 aliphatic rings. The van der Waals surface area contributed by atoms with Gasteiger partial charge >= 0.3 is 11.7 Å². The van der Waals surface area contributed by atoms with E-state index in [0.717, 1.165) is 46.1 Å². The summed E-state index contributed by atoms with van der Waals surface area (Å²) < 4.78 is 3.56. The maximum Gasteiger partial charge on any atom is 0.333 e. The van der Waals surface area contributed by atoms with Gasteiger partial charge in [-0.05, 0) is 71.8 Å². The van der Waals surface area contributed by atoms with Crippen LogP contribution in [0.4, 0.5) is 0 Å². The van der Waals surface area contributed by atoms with Gasteiger partial charge in [0.05, 0.1) is 22.3 Å². The highest BCUT2D eigenvalue weighted by atomic mass is 35.5. The van der Waals surface area contributed by atoms with E-state index in [0.29, 0.717) is 10.7 Å². The smallest absolute Gasteiger partial charge is 0.333 e. The standard InChI is InChI=1S/C38H32ClN3O3/c39-30-18-23-34-35(25-30)42(37(45)41(34)32-21-22-32)31-19-16-26(17-20-31)24-33(36(43)44)40-38(27-10-4-1-5-11-27,28-12-6-2-7-13-28)29-14-8-3-9-15-29/h1-20,23,25,32-33,40H,21-22,24H2,(H,43,44). The van der Waals surface area contributed by atoms with Crippen LogP contribution in [0.15, 0.2) is 138 Å². The first-order chi connectivity index (χ1) is 22.0. The molecule has 6 aromatic rings. The zero-order valence-corrected chi connectivity index (χ0v) is 25.3. The van der Waals surface area contributed by atoms with Crippen molar-refractivity contribution in [3.05, 3.63) is 171 Å². The number of carboxylic acid groups (broad SMARTS) is 1. The predicted molar refractivity (Wildman–Crippen MR) is 178 cm³/mol. The third kappa shape index (κ3) is 5.37. The lowest BCUT2D eigenvalue weighted by Gasteiger charge is -2.39. The van der Waals surface area contributed by atoms with Gasteiger partial charge in [0.25, 0.3) is 0 Å². The lowest BCUT2D eigenvalue weighted by atomic mass is 9.76. The zero-order valence-electron chi connectivity index (χ0n) is 24.5. The van der Waals surface area contributed by atoms with Gasteiger partial charge in [-0.25, -0.2) is 4.79 Å². The Morgan fingerprint density at radius 3 is 1.80 bits per heavy atom. The van der Waals surface area contributed by atoms with Crippen LogP contribution in [0.25, 0.3) is 16.7 Å². The second-order valence-corrected chi connectivity index (χ2v) is 12.0. The SMILES string of the molecule is O=C(O)C(Cc1ccc(-n2c(=O)n(C3CC3)c3ccc(Cl)cc32)cc1)NC(c1ccccc1)(c1ccccc1)c1ccccc1. The number of hydrogen-bond donors (Lipinski definition) is 2. The Morgan fingerprint density at radius 1 is 0.778 bits per heavy atom. The maximum absolute atomic E-state index is 13.6. The maximum atomic E-state index is 13.6. The van der Waals surface area contributed by atoms with E-state index >= 15 is 0 Å². The highest BCUT2D eigenvalue weighted by Crippen LogP contribution is 2.38. The van der Waals surface area contributed by atoms with Crippen molar-refractivity contribution in [2.45, 2.75) is 36.9 Å². The minimum atomic E-state index is -0.954. The molecular formula is C38H32ClN3O3. The van der Waals surface area contributed by atoms with Crippen LogP contribution in [0.2, 0.25) is 5.02 Å². The first-order valence-electron chi connectivity index (χ1n) is 15.1. The van der Waals surface area contributed by atoms with Gasteiger partial charge < -0.3 is 5.11 Å². The molecular weight excluding hydrogens is 582 g/mol. The van der Waals surface area contributed by atoms with E-state index in [1.165, 1.54) is 0 Å². The summed E-state index contributed by atoms with van der Waals surface area (Å²) in [5, 5.41) is 14.8. The zero-order chi connectivity index (χ0) is 31.0. The van der Waals surface area contributed by atoms with Gasteiger partial charge in [-0.3, -0.25) is 19.2 Å². The number of carbonyl (C=O) groups is 1.